The molecule has 1 saturated heterocycles. The van der Waals surface area contributed by atoms with Crippen molar-refractivity contribution in [3.8, 4) is 0 Å². The molecule has 1 aliphatic heterocycles. The van der Waals surface area contributed by atoms with Gasteiger partial charge in [0.1, 0.15) is 30.2 Å². The lowest BCUT2D eigenvalue weighted by Crippen LogP contribution is -2.56. The number of carboxylic acids is 9. The van der Waals surface area contributed by atoms with Crippen molar-refractivity contribution in [1.29, 1.82) is 0 Å². The number of benzene rings is 2. The van der Waals surface area contributed by atoms with Crippen molar-refractivity contribution in [1.82, 2.24) is 57.2 Å². The van der Waals surface area contributed by atoms with Gasteiger partial charge in [-0.1, -0.05) is 36.4 Å². The molecule has 6 atom stereocenters. The van der Waals surface area contributed by atoms with E-state index in [-0.39, 0.29) is 109 Å². The van der Waals surface area contributed by atoms with E-state index in [1.807, 2.05) is 5.32 Å². The van der Waals surface area contributed by atoms with Gasteiger partial charge < -0.3 is 93.8 Å². The van der Waals surface area contributed by atoms with E-state index in [9.17, 15) is 108 Å². The summed E-state index contributed by atoms with van der Waals surface area (Å²) in [6, 6.07) is 2.60. The molecule has 3 rings (SSSR count). The van der Waals surface area contributed by atoms with Crippen LogP contribution in [0.2, 0.25) is 0 Å². The Morgan fingerprint density at radius 1 is 0.457 bits per heavy atom. The summed E-state index contributed by atoms with van der Waals surface area (Å²) in [5.74, 6) is -15.5. The molecule has 1 aliphatic rings. The second kappa shape index (κ2) is 40.0. The highest BCUT2D eigenvalue weighted by atomic mass is 32.1. The van der Waals surface area contributed by atoms with Gasteiger partial charge in [0.15, 0.2) is 5.11 Å². The lowest BCUT2D eigenvalue weighted by Gasteiger charge is -2.33. The molecule has 1 unspecified atom stereocenters. The van der Waals surface area contributed by atoms with Crippen molar-refractivity contribution >= 4 is 107 Å². The van der Waals surface area contributed by atoms with Crippen LogP contribution in [0.25, 0.3) is 0 Å². The Morgan fingerprint density at radius 2 is 0.924 bits per heavy atom. The van der Waals surface area contributed by atoms with Crippen molar-refractivity contribution in [3.63, 3.8) is 0 Å². The van der Waals surface area contributed by atoms with E-state index in [4.69, 9.17) is 17.3 Å². The third-order valence-electron chi connectivity index (χ3n) is 13.9. The van der Waals surface area contributed by atoms with Gasteiger partial charge in [-0.3, -0.25) is 57.9 Å². The Labute approximate surface area is 531 Å². The third kappa shape index (κ3) is 31.6. The number of hydrogen-bond acceptors (Lipinski definition) is 18. The van der Waals surface area contributed by atoms with Crippen LogP contribution in [0.5, 0.6) is 0 Å². The number of anilines is 1. The zero-order valence-corrected chi connectivity index (χ0v) is 50.7. The van der Waals surface area contributed by atoms with Gasteiger partial charge >= 0.3 is 65.8 Å². The molecule has 0 aliphatic carbocycles. The molecular weight excluding hydrogens is 1240 g/mol. The smallest absolute Gasteiger partial charge is 0.326 e. The van der Waals surface area contributed by atoms with Crippen molar-refractivity contribution in [2.24, 2.45) is 0 Å². The Morgan fingerprint density at radius 3 is 1.46 bits per heavy atom. The highest BCUT2D eigenvalue weighted by Gasteiger charge is 2.33. The molecule has 2 aromatic carbocycles. The molecule has 0 spiro atoms. The lowest BCUT2D eigenvalue weighted by molar-refractivity contribution is -0.145. The lowest BCUT2D eigenvalue weighted by atomic mass is 10.0. The summed E-state index contributed by atoms with van der Waals surface area (Å²) >= 11 is 5.42. The summed E-state index contributed by atoms with van der Waals surface area (Å²) in [6.07, 6.45) is -2.44. The minimum Gasteiger partial charge on any atom is -0.481 e. The molecular formula is C56H78N12O23S. The minimum atomic E-state index is -1.92. The molecule has 1 fully saturated rings. The molecule has 0 aromatic heterocycles. The standard InChI is InChI=1S/C56H78N12O23S/c69-42(24-33-7-9-34(10-8-33)27-59-54(90)57-17-3-1-6-38(52(86)87)64-55(91)65-39(53(88)89)15-16-43(70)71)61-40(25-44(72)73)49(82)63-41(26-45(74)75)50(83)62-37(51(84)85)5-2-4-18-58-56(92)60-35-13-11-32(12-14-35)23-36-28-67(30-47(78)79)20-19-66(29-46(76)77)21-22-68(36)31-48(80)81/h7-14,36-41H,1-6,15-31H2,(H,61,69)(H,62,83)(H,63,82)(H,70,71)(H,72,73)(H,74,75)(H,76,77)(H,78,79)(H,80,81)(H,84,85)(H,86,87)(H,88,89)(H2,57,59,90)(H2,58,60,92)(H2,64,65,91)/t36?,37-,38-,39-,40-,41-/m0/s1. The topological polar surface area (TPSA) is 539 Å². The second-order valence-electron chi connectivity index (χ2n) is 21.3. The van der Waals surface area contributed by atoms with Gasteiger partial charge in [-0.05, 0) is 92.4 Å². The maximum atomic E-state index is 13.4. The summed E-state index contributed by atoms with van der Waals surface area (Å²) in [4.78, 5) is 174. The van der Waals surface area contributed by atoms with Gasteiger partial charge in [-0.15, -0.1) is 0 Å². The average molecular weight is 1320 g/mol. The fourth-order valence-electron chi connectivity index (χ4n) is 9.30. The second-order valence-corrected chi connectivity index (χ2v) is 21.7. The molecule has 35 nitrogen and oxygen atoms in total. The van der Waals surface area contributed by atoms with E-state index < -0.39 is 152 Å². The first-order valence-corrected chi connectivity index (χ1v) is 29.3. The summed E-state index contributed by atoms with van der Waals surface area (Å²) in [5.41, 5.74) is 2.28. The van der Waals surface area contributed by atoms with Crippen LogP contribution >= 0.6 is 12.2 Å². The van der Waals surface area contributed by atoms with Crippen molar-refractivity contribution in [2.75, 3.05) is 70.8 Å². The maximum absolute atomic E-state index is 13.4. The predicted octanol–water partition coefficient (Wildman–Crippen LogP) is -2.00. The van der Waals surface area contributed by atoms with Gasteiger partial charge in [0.25, 0.3) is 0 Å². The SMILES string of the molecule is O=C(O)CC[C@H](NC(=O)N[C@@H](CCCCNC(=O)NCc1ccc(CC(=O)N[C@@H](CC(=O)O)C(=O)N[C@@H](CC(=O)O)C(=O)N[C@@H](CCCCNC(=S)Nc2ccc(CC3CN(CC(=O)O)CCN(CC(=O)O)CCN3CC(=O)O)cc2)C(=O)O)cc1)C(=O)O)C(=O)O. The molecule has 1 heterocycles. The van der Waals surface area contributed by atoms with Crippen molar-refractivity contribution in [3.05, 3.63) is 65.2 Å². The number of unbranched alkanes of at least 4 members (excludes halogenated alkanes) is 2. The number of amides is 7. The molecule has 2 aromatic rings. The van der Waals surface area contributed by atoms with Crippen LogP contribution in [0.4, 0.5) is 15.3 Å². The normalized spacial score (nSPS) is 15.2. The fraction of sp³-hybridized carbons (Fsp3) is 0.518. The number of carbonyl (C=O) groups is 14. The molecule has 0 bridgehead atoms. The van der Waals surface area contributed by atoms with Gasteiger partial charge in [0.2, 0.25) is 17.7 Å². The van der Waals surface area contributed by atoms with Crippen LogP contribution < -0.4 is 47.9 Å². The van der Waals surface area contributed by atoms with E-state index in [2.05, 4.69) is 42.5 Å². The summed E-state index contributed by atoms with van der Waals surface area (Å²) in [6.45, 7) is 0.513. The average Bonchev–Trinajstić information content (AvgIpc) is 1.72. The number of aliphatic carboxylic acids is 9. The van der Waals surface area contributed by atoms with Crippen LogP contribution in [0.15, 0.2) is 48.5 Å². The minimum absolute atomic E-state index is 0.000706. The maximum Gasteiger partial charge on any atom is 0.326 e. The molecule has 506 valence electrons. The van der Waals surface area contributed by atoms with Crippen LogP contribution in [-0.4, -0.2) is 251 Å². The van der Waals surface area contributed by atoms with Crippen LogP contribution in [0.1, 0.15) is 80.9 Å². The number of rotatable bonds is 40. The van der Waals surface area contributed by atoms with E-state index in [0.29, 0.717) is 29.7 Å². The van der Waals surface area contributed by atoms with Crippen molar-refractivity contribution in [2.45, 2.75) is 120 Å². The summed E-state index contributed by atoms with van der Waals surface area (Å²) in [7, 11) is 0. The number of nitrogens with zero attached hydrogens (tertiary/aromatic N) is 3. The number of nitrogens with one attached hydrogen (secondary N) is 9. The first-order valence-electron chi connectivity index (χ1n) is 28.8. The summed E-state index contributed by atoms with van der Waals surface area (Å²) < 4.78 is 0. The zero-order valence-electron chi connectivity index (χ0n) is 49.8. The molecule has 92 heavy (non-hydrogen) atoms. The third-order valence-corrected chi connectivity index (χ3v) is 14.2. The van der Waals surface area contributed by atoms with Crippen LogP contribution in [0.3, 0.4) is 0 Å². The van der Waals surface area contributed by atoms with Gasteiger partial charge in [-0.2, -0.15) is 0 Å². The van der Waals surface area contributed by atoms with E-state index >= 15 is 0 Å². The Bertz CT molecular complexity index is 2920. The number of thiocarbonyl (C=S) groups is 1. The quantitative estimate of drug-likeness (QED) is 0.0253. The van der Waals surface area contributed by atoms with Crippen molar-refractivity contribution < 1.29 is 113 Å². The number of carbonyl (C=O) groups excluding carboxylic acids is 5. The van der Waals surface area contributed by atoms with Crippen LogP contribution in [-0.2, 0) is 76.9 Å². The first-order chi connectivity index (χ1) is 43.5. The molecule has 0 radical (unpaired) electrons. The van der Waals surface area contributed by atoms with Gasteiger partial charge in [-0.25, -0.2) is 24.0 Å². The number of carboxylic acid groups (broad SMARTS) is 9. The summed E-state index contributed by atoms with van der Waals surface area (Å²) in [5, 5.41) is 107. The molecule has 7 amide bonds. The fourth-order valence-corrected chi connectivity index (χ4v) is 9.52. The number of hydrogen-bond donors (Lipinski definition) is 18. The Kier molecular flexibility index (Phi) is 33.3. The molecule has 18 N–H and O–H groups in total. The molecule has 36 heteroatoms. The van der Waals surface area contributed by atoms with Gasteiger partial charge in [0, 0.05) is 70.5 Å². The van der Waals surface area contributed by atoms with Crippen LogP contribution in [0, 0.1) is 0 Å². The van der Waals surface area contributed by atoms with E-state index in [0.717, 1.165) is 5.56 Å². The highest BCUT2D eigenvalue weighted by Crippen LogP contribution is 2.17. The highest BCUT2D eigenvalue weighted by molar-refractivity contribution is 7.80. The number of urea groups is 2. The monoisotopic (exact) mass is 1320 g/mol. The van der Waals surface area contributed by atoms with Gasteiger partial charge in [0.05, 0.1) is 38.9 Å². The largest absolute Gasteiger partial charge is 0.481 e. The predicted molar refractivity (Wildman–Crippen MR) is 323 cm³/mol. The Balaban J connectivity index is 1.47. The Hall–Kier alpha value is -9.81. The zero-order chi connectivity index (χ0) is 68.5. The first kappa shape index (κ1) is 76.4. The van der Waals surface area contributed by atoms with E-state index in [1.54, 1.807) is 51.1 Å². The van der Waals surface area contributed by atoms with E-state index in [1.165, 1.54) is 12.1 Å². The molecule has 0 saturated carbocycles.